The van der Waals surface area contributed by atoms with E-state index in [1.807, 2.05) is 13.0 Å². The van der Waals surface area contributed by atoms with Gasteiger partial charge in [0.25, 0.3) is 10.0 Å². The third kappa shape index (κ3) is 2.94. The summed E-state index contributed by atoms with van der Waals surface area (Å²) in [7, 11) is -3.79. The van der Waals surface area contributed by atoms with Crippen LogP contribution >= 0.6 is 11.6 Å². The molecular formula is C16H13ClN4O2S. The fourth-order valence-corrected chi connectivity index (χ4v) is 3.94. The molecule has 24 heavy (non-hydrogen) atoms. The van der Waals surface area contributed by atoms with Gasteiger partial charge in [0.2, 0.25) is 0 Å². The van der Waals surface area contributed by atoms with Crippen molar-refractivity contribution in [1.82, 2.24) is 13.8 Å². The van der Waals surface area contributed by atoms with Crippen LogP contribution in [0.1, 0.15) is 5.56 Å². The van der Waals surface area contributed by atoms with Crippen LogP contribution in [0.3, 0.4) is 0 Å². The van der Waals surface area contributed by atoms with Crippen molar-refractivity contribution in [3.63, 3.8) is 0 Å². The molecule has 8 heteroatoms. The molecule has 122 valence electrons. The maximum Gasteiger partial charge on any atom is 0.268 e. The van der Waals surface area contributed by atoms with Gasteiger partial charge < -0.3 is 0 Å². The Kier molecular flexibility index (Phi) is 4.18. The van der Waals surface area contributed by atoms with Gasteiger partial charge in [-0.3, -0.25) is 4.68 Å². The summed E-state index contributed by atoms with van der Waals surface area (Å²) in [6.07, 6.45) is 4.47. The van der Waals surface area contributed by atoms with E-state index in [4.69, 9.17) is 16.9 Å². The van der Waals surface area contributed by atoms with Crippen LogP contribution in [0.5, 0.6) is 0 Å². The first-order valence-electron chi connectivity index (χ1n) is 7.02. The summed E-state index contributed by atoms with van der Waals surface area (Å²) in [5, 5.41) is 13.1. The number of hydrogen-bond donors (Lipinski definition) is 0. The Labute approximate surface area is 144 Å². The Morgan fingerprint density at radius 3 is 2.62 bits per heavy atom. The SMILES string of the molecule is Cc1ccc(S(=O)(=O)n2cc(Cl)cc2-c2cnn(CC#N)c2)cc1. The molecule has 3 rings (SSSR count). The molecule has 0 atom stereocenters. The van der Waals surface area contributed by atoms with Crippen LogP contribution in [0.15, 0.2) is 53.8 Å². The van der Waals surface area contributed by atoms with E-state index in [2.05, 4.69) is 5.10 Å². The molecule has 3 aromatic rings. The Bertz CT molecular complexity index is 1030. The lowest BCUT2D eigenvalue weighted by molar-refractivity contribution is 0.588. The third-order valence-corrected chi connectivity index (χ3v) is 5.39. The van der Waals surface area contributed by atoms with Gasteiger partial charge in [-0.2, -0.15) is 10.4 Å². The standard InChI is InChI=1S/C16H13ClN4O2S/c1-12-2-4-15(5-3-12)24(22,23)21-11-14(17)8-16(21)13-9-19-20(10-13)7-6-18/h2-5,8-11H,7H2,1H3. The Morgan fingerprint density at radius 2 is 1.96 bits per heavy atom. The van der Waals surface area contributed by atoms with E-state index in [1.165, 1.54) is 17.1 Å². The minimum absolute atomic E-state index is 0.0825. The van der Waals surface area contributed by atoms with E-state index in [0.717, 1.165) is 9.54 Å². The molecule has 0 aliphatic carbocycles. The van der Waals surface area contributed by atoms with Gasteiger partial charge in [0, 0.05) is 18.0 Å². The fourth-order valence-electron chi connectivity index (χ4n) is 2.30. The van der Waals surface area contributed by atoms with Crippen LogP contribution in [0.2, 0.25) is 5.02 Å². The Morgan fingerprint density at radius 1 is 1.25 bits per heavy atom. The summed E-state index contributed by atoms with van der Waals surface area (Å²) in [5.41, 5.74) is 1.93. The second kappa shape index (κ2) is 6.15. The average molecular weight is 361 g/mol. The molecule has 0 radical (unpaired) electrons. The predicted octanol–water partition coefficient (Wildman–Crippen LogP) is 3.07. The summed E-state index contributed by atoms with van der Waals surface area (Å²) in [6, 6.07) is 10.1. The van der Waals surface area contributed by atoms with Crippen LogP contribution in [0.4, 0.5) is 0 Å². The molecule has 2 heterocycles. The molecule has 0 bridgehead atoms. The largest absolute Gasteiger partial charge is 0.268 e. The lowest BCUT2D eigenvalue weighted by atomic mass is 10.2. The van der Waals surface area contributed by atoms with Gasteiger partial charge in [-0.25, -0.2) is 12.4 Å². The zero-order chi connectivity index (χ0) is 17.3. The van der Waals surface area contributed by atoms with Gasteiger partial charge in [0.15, 0.2) is 0 Å². The normalized spacial score (nSPS) is 11.4. The molecule has 0 aliphatic heterocycles. The fraction of sp³-hybridized carbons (Fsp3) is 0.125. The molecule has 0 amide bonds. The molecule has 0 spiro atoms. The molecule has 0 fully saturated rings. The van der Waals surface area contributed by atoms with Crippen molar-refractivity contribution >= 4 is 21.6 Å². The summed E-state index contributed by atoms with van der Waals surface area (Å²) >= 11 is 6.04. The van der Waals surface area contributed by atoms with Crippen LogP contribution in [-0.2, 0) is 16.6 Å². The van der Waals surface area contributed by atoms with Crippen molar-refractivity contribution in [2.75, 3.05) is 0 Å². The monoisotopic (exact) mass is 360 g/mol. The topological polar surface area (TPSA) is 80.7 Å². The third-order valence-electron chi connectivity index (χ3n) is 3.49. The molecular weight excluding hydrogens is 348 g/mol. The molecule has 0 saturated heterocycles. The van der Waals surface area contributed by atoms with E-state index in [9.17, 15) is 8.42 Å². The molecule has 6 nitrogen and oxygen atoms in total. The van der Waals surface area contributed by atoms with Crippen molar-refractivity contribution in [3.8, 4) is 17.3 Å². The Hall–Kier alpha value is -2.56. The van der Waals surface area contributed by atoms with E-state index in [1.54, 1.807) is 36.5 Å². The van der Waals surface area contributed by atoms with E-state index < -0.39 is 10.0 Å². The molecule has 0 saturated carbocycles. The van der Waals surface area contributed by atoms with Crippen LogP contribution in [0.25, 0.3) is 11.3 Å². The molecule has 2 aromatic heterocycles. The minimum atomic E-state index is -3.79. The minimum Gasteiger partial charge on any atom is -0.258 e. The second-order valence-corrected chi connectivity index (χ2v) is 7.49. The maximum absolute atomic E-state index is 12.9. The first-order chi connectivity index (χ1) is 11.4. The first kappa shape index (κ1) is 16.3. The zero-order valence-corrected chi connectivity index (χ0v) is 14.3. The van der Waals surface area contributed by atoms with E-state index in [-0.39, 0.29) is 11.4 Å². The molecule has 0 unspecified atom stereocenters. The highest BCUT2D eigenvalue weighted by molar-refractivity contribution is 7.90. The zero-order valence-electron chi connectivity index (χ0n) is 12.7. The number of rotatable bonds is 4. The molecule has 0 N–H and O–H groups in total. The van der Waals surface area contributed by atoms with Crippen molar-refractivity contribution in [2.24, 2.45) is 0 Å². The number of hydrogen-bond acceptors (Lipinski definition) is 4. The van der Waals surface area contributed by atoms with Gasteiger partial charge in [0.1, 0.15) is 6.54 Å². The van der Waals surface area contributed by atoms with E-state index in [0.29, 0.717) is 16.3 Å². The van der Waals surface area contributed by atoms with Gasteiger partial charge in [-0.05, 0) is 25.1 Å². The first-order valence-corrected chi connectivity index (χ1v) is 8.83. The van der Waals surface area contributed by atoms with Gasteiger partial charge in [0.05, 0.1) is 27.9 Å². The number of nitriles is 1. The van der Waals surface area contributed by atoms with Crippen molar-refractivity contribution < 1.29 is 8.42 Å². The number of halogens is 1. The molecule has 1 aromatic carbocycles. The highest BCUT2D eigenvalue weighted by Crippen LogP contribution is 2.29. The lowest BCUT2D eigenvalue weighted by Gasteiger charge is -2.09. The predicted molar refractivity (Wildman–Crippen MR) is 90.0 cm³/mol. The van der Waals surface area contributed by atoms with Crippen LogP contribution in [0, 0.1) is 18.3 Å². The maximum atomic E-state index is 12.9. The number of nitrogens with zero attached hydrogens (tertiary/aromatic N) is 4. The van der Waals surface area contributed by atoms with Gasteiger partial charge in [-0.1, -0.05) is 29.3 Å². The van der Waals surface area contributed by atoms with Crippen molar-refractivity contribution in [1.29, 1.82) is 5.26 Å². The van der Waals surface area contributed by atoms with Crippen molar-refractivity contribution in [3.05, 3.63) is 59.5 Å². The summed E-state index contributed by atoms with van der Waals surface area (Å²) in [4.78, 5) is 0.172. The summed E-state index contributed by atoms with van der Waals surface area (Å²) < 4.78 is 28.4. The second-order valence-electron chi connectivity index (χ2n) is 5.24. The summed E-state index contributed by atoms with van der Waals surface area (Å²) in [6.45, 7) is 1.97. The van der Waals surface area contributed by atoms with Crippen LogP contribution < -0.4 is 0 Å². The average Bonchev–Trinajstić information content (AvgIpc) is 3.15. The van der Waals surface area contributed by atoms with Gasteiger partial charge >= 0.3 is 0 Å². The summed E-state index contributed by atoms with van der Waals surface area (Å²) in [5.74, 6) is 0. The highest BCUT2D eigenvalue weighted by Gasteiger charge is 2.22. The van der Waals surface area contributed by atoms with Crippen molar-refractivity contribution in [2.45, 2.75) is 18.4 Å². The number of aromatic nitrogens is 3. The number of benzene rings is 1. The molecule has 0 aliphatic rings. The van der Waals surface area contributed by atoms with Crippen LogP contribution in [-0.4, -0.2) is 22.2 Å². The lowest BCUT2D eigenvalue weighted by Crippen LogP contribution is -2.13. The van der Waals surface area contributed by atoms with E-state index >= 15 is 0 Å². The highest BCUT2D eigenvalue weighted by atomic mass is 35.5. The van der Waals surface area contributed by atoms with Gasteiger partial charge in [-0.15, -0.1) is 0 Å². The quantitative estimate of drug-likeness (QED) is 0.716. The Balaban J connectivity index is 2.11. The smallest absolute Gasteiger partial charge is 0.258 e. The number of aryl methyl sites for hydroxylation is 1.